The predicted octanol–water partition coefficient (Wildman–Crippen LogP) is 9.16. The van der Waals surface area contributed by atoms with Crippen LogP contribution in [0.1, 0.15) is 181 Å². The highest BCUT2D eigenvalue weighted by Crippen LogP contribution is 2.16. The number of hydrogen-bond acceptors (Lipinski definition) is 5. The highest BCUT2D eigenvalue weighted by molar-refractivity contribution is 5.83. The van der Waals surface area contributed by atoms with E-state index in [1.54, 1.807) is 0 Å². The van der Waals surface area contributed by atoms with Gasteiger partial charge in [0, 0.05) is 12.8 Å². The number of carbonyl (C=O) groups excluding carboxylic acids is 2. The van der Waals surface area contributed by atoms with Gasteiger partial charge in [-0.1, -0.05) is 123 Å². The number of ether oxygens (including phenoxy) is 1. The van der Waals surface area contributed by atoms with Gasteiger partial charge in [-0.2, -0.15) is 0 Å². The van der Waals surface area contributed by atoms with Gasteiger partial charge in [0.2, 0.25) is 5.91 Å². The number of carboxylic acid groups (broad SMARTS) is 1. The van der Waals surface area contributed by atoms with Crippen molar-refractivity contribution in [3.05, 3.63) is 12.2 Å². The second kappa shape index (κ2) is 31.5. The minimum absolute atomic E-state index is 0.0907. The third kappa shape index (κ3) is 28.6. The summed E-state index contributed by atoms with van der Waals surface area (Å²) in [5.74, 6) is -1.33. The van der Waals surface area contributed by atoms with Crippen molar-refractivity contribution in [3.8, 4) is 0 Å². The van der Waals surface area contributed by atoms with Crippen LogP contribution >= 0.6 is 0 Å². The minimum Gasteiger partial charge on any atom is -0.480 e. The van der Waals surface area contributed by atoms with Crippen molar-refractivity contribution in [1.82, 2.24) is 5.32 Å². The maximum atomic E-state index is 12.6. The second-order valence-electron chi connectivity index (χ2n) is 12.3. The molecule has 0 aromatic carbocycles. The molecule has 4 N–H and O–H groups in total. The summed E-state index contributed by atoms with van der Waals surface area (Å²) >= 11 is 0. The minimum atomic E-state index is -1.01. The van der Waals surface area contributed by atoms with Gasteiger partial charge in [-0.05, 0) is 64.0 Å². The average molecular weight is 609 g/mol. The molecule has 0 saturated carbocycles. The molecule has 0 saturated heterocycles. The Bertz CT molecular complexity index is 697. The molecule has 0 rings (SSSR count). The van der Waals surface area contributed by atoms with Crippen molar-refractivity contribution in [3.63, 3.8) is 0 Å². The normalized spacial score (nSPS) is 12.8. The van der Waals surface area contributed by atoms with Gasteiger partial charge in [-0.25, -0.2) is 4.79 Å². The van der Waals surface area contributed by atoms with E-state index < -0.39 is 12.0 Å². The van der Waals surface area contributed by atoms with Crippen LogP contribution in [0.4, 0.5) is 0 Å². The van der Waals surface area contributed by atoms with Gasteiger partial charge in [-0.3, -0.25) is 9.59 Å². The summed E-state index contributed by atoms with van der Waals surface area (Å²) in [6.07, 6.45) is 31.3. The Morgan fingerprint density at radius 2 is 1.19 bits per heavy atom. The molecule has 0 fully saturated rings. The van der Waals surface area contributed by atoms with E-state index in [-0.39, 0.29) is 18.0 Å². The first kappa shape index (κ1) is 41.1. The molecule has 252 valence electrons. The molecule has 7 nitrogen and oxygen atoms in total. The number of carbonyl (C=O) groups is 3. The molecule has 0 aliphatic carbocycles. The first-order valence-electron chi connectivity index (χ1n) is 18.0. The van der Waals surface area contributed by atoms with E-state index in [2.05, 4.69) is 31.3 Å². The Hall–Kier alpha value is -1.89. The van der Waals surface area contributed by atoms with Crippen LogP contribution in [-0.4, -0.2) is 41.6 Å². The largest absolute Gasteiger partial charge is 0.480 e. The Balaban J connectivity index is 4.24. The zero-order chi connectivity index (χ0) is 31.8. The molecule has 0 aromatic rings. The molecule has 0 heterocycles. The first-order chi connectivity index (χ1) is 20.9. The number of nitrogens with two attached hydrogens (primary N) is 1. The number of esters is 1. The zero-order valence-electron chi connectivity index (χ0n) is 28.1. The lowest BCUT2D eigenvalue weighted by Gasteiger charge is -2.15. The lowest BCUT2D eigenvalue weighted by Crippen LogP contribution is -2.40. The number of rotatable bonds is 32. The maximum Gasteiger partial charge on any atom is 0.326 e. The number of nitrogens with one attached hydrogen (secondary N) is 1. The fraction of sp³-hybridized carbons (Fsp3) is 0.861. The third-order valence-electron chi connectivity index (χ3n) is 8.07. The SMILES string of the molecule is CCCCCC/C=C\C(CCCCCCC(=O)NC(CCCN)C(=O)O)OC(=O)CCCCCCCCCCCCCC. The highest BCUT2D eigenvalue weighted by Gasteiger charge is 2.19. The fourth-order valence-corrected chi connectivity index (χ4v) is 5.30. The number of carboxylic acids is 1. The van der Waals surface area contributed by atoms with Crippen LogP contribution in [0.25, 0.3) is 0 Å². The fourth-order valence-electron chi connectivity index (χ4n) is 5.30. The molecule has 0 bridgehead atoms. The van der Waals surface area contributed by atoms with Crippen molar-refractivity contribution in [2.75, 3.05) is 6.54 Å². The van der Waals surface area contributed by atoms with Crippen molar-refractivity contribution < 1.29 is 24.2 Å². The Kier molecular flexibility index (Phi) is 30.1. The summed E-state index contributed by atoms with van der Waals surface area (Å²) in [5.41, 5.74) is 5.46. The van der Waals surface area contributed by atoms with E-state index in [0.717, 1.165) is 44.9 Å². The smallest absolute Gasteiger partial charge is 0.326 e. The molecule has 0 spiro atoms. The van der Waals surface area contributed by atoms with Gasteiger partial charge >= 0.3 is 11.9 Å². The second-order valence-corrected chi connectivity index (χ2v) is 12.3. The molecular weight excluding hydrogens is 540 g/mol. The third-order valence-corrected chi connectivity index (χ3v) is 8.07. The van der Waals surface area contributed by atoms with Crippen LogP contribution in [0.5, 0.6) is 0 Å². The lowest BCUT2D eigenvalue weighted by atomic mass is 10.0. The van der Waals surface area contributed by atoms with E-state index in [9.17, 15) is 19.5 Å². The van der Waals surface area contributed by atoms with Gasteiger partial charge in [0.25, 0.3) is 0 Å². The lowest BCUT2D eigenvalue weighted by molar-refractivity contribution is -0.147. The molecule has 0 aliphatic rings. The molecule has 0 radical (unpaired) electrons. The van der Waals surface area contributed by atoms with Gasteiger partial charge in [0.05, 0.1) is 0 Å². The van der Waals surface area contributed by atoms with Crippen LogP contribution < -0.4 is 11.1 Å². The molecule has 1 amide bonds. The van der Waals surface area contributed by atoms with E-state index in [1.807, 2.05) is 0 Å². The summed E-state index contributed by atoms with van der Waals surface area (Å²) in [5, 5.41) is 11.9. The molecular formula is C36H68N2O5. The van der Waals surface area contributed by atoms with Crippen molar-refractivity contribution in [2.24, 2.45) is 5.73 Å². The summed E-state index contributed by atoms with van der Waals surface area (Å²) in [7, 11) is 0. The standard InChI is InChI=1S/C36H68N2O5/c1-3-5-7-9-11-12-13-14-15-16-18-24-30-35(40)43-32(26-21-17-10-8-6-4-2)27-22-19-20-23-29-34(39)38-33(36(41)42)28-25-31-37/h21,26,32-33H,3-20,22-25,27-31,37H2,1-2H3,(H,38,39)(H,41,42)/b26-21-. The van der Waals surface area contributed by atoms with Crippen LogP contribution in [-0.2, 0) is 19.1 Å². The monoisotopic (exact) mass is 609 g/mol. The first-order valence-corrected chi connectivity index (χ1v) is 18.0. The number of unbranched alkanes of at least 4 members (excludes halogenated alkanes) is 18. The van der Waals surface area contributed by atoms with E-state index in [0.29, 0.717) is 38.6 Å². The van der Waals surface area contributed by atoms with Crippen molar-refractivity contribution in [1.29, 1.82) is 0 Å². The van der Waals surface area contributed by atoms with Crippen LogP contribution in [0, 0.1) is 0 Å². The van der Waals surface area contributed by atoms with Gasteiger partial charge in [0.15, 0.2) is 0 Å². The van der Waals surface area contributed by atoms with E-state index in [1.165, 1.54) is 89.9 Å². The van der Waals surface area contributed by atoms with Crippen LogP contribution in [0.3, 0.4) is 0 Å². The van der Waals surface area contributed by atoms with Crippen molar-refractivity contribution in [2.45, 2.75) is 193 Å². The molecule has 2 atom stereocenters. The van der Waals surface area contributed by atoms with Crippen molar-refractivity contribution >= 4 is 17.8 Å². The summed E-state index contributed by atoms with van der Waals surface area (Å²) in [6.45, 7) is 4.88. The molecule has 0 aliphatic heterocycles. The number of hydrogen-bond donors (Lipinski definition) is 3. The molecule has 43 heavy (non-hydrogen) atoms. The van der Waals surface area contributed by atoms with Gasteiger partial charge in [-0.15, -0.1) is 0 Å². The number of aliphatic carboxylic acids is 1. The molecule has 0 aromatic heterocycles. The Morgan fingerprint density at radius 1 is 0.674 bits per heavy atom. The molecule has 2 unspecified atom stereocenters. The predicted molar refractivity (Wildman–Crippen MR) is 179 cm³/mol. The quantitative estimate of drug-likeness (QED) is 0.0398. The Morgan fingerprint density at radius 3 is 1.74 bits per heavy atom. The van der Waals surface area contributed by atoms with E-state index >= 15 is 0 Å². The average Bonchev–Trinajstić information content (AvgIpc) is 2.98. The Labute approximate surface area is 264 Å². The number of allylic oxidation sites excluding steroid dienone is 1. The summed E-state index contributed by atoms with van der Waals surface area (Å²) in [4.78, 5) is 36.0. The zero-order valence-corrected chi connectivity index (χ0v) is 28.1. The molecule has 7 heteroatoms. The highest BCUT2D eigenvalue weighted by atomic mass is 16.5. The topological polar surface area (TPSA) is 119 Å². The summed E-state index contributed by atoms with van der Waals surface area (Å²) in [6, 6.07) is -0.866. The van der Waals surface area contributed by atoms with Gasteiger partial charge in [0.1, 0.15) is 12.1 Å². The van der Waals surface area contributed by atoms with E-state index in [4.69, 9.17) is 10.5 Å². The van der Waals surface area contributed by atoms with Crippen LogP contribution in [0.15, 0.2) is 12.2 Å². The summed E-state index contributed by atoms with van der Waals surface area (Å²) < 4.78 is 5.87. The number of amides is 1. The maximum absolute atomic E-state index is 12.6. The van der Waals surface area contributed by atoms with Gasteiger partial charge < -0.3 is 20.9 Å². The van der Waals surface area contributed by atoms with Crippen LogP contribution in [0.2, 0.25) is 0 Å².